The SMILES string of the molecule is Cl.O=C(NC1CCCC(C(F)(F)F)C1)[C@@H]1CCCNC1. The predicted molar refractivity (Wildman–Crippen MR) is 72.8 cm³/mol. The van der Waals surface area contributed by atoms with E-state index in [0.29, 0.717) is 19.4 Å². The number of nitrogens with one attached hydrogen (secondary N) is 2. The standard InChI is InChI=1S/C13H21F3N2O.ClH/c14-13(15,16)10-4-1-5-11(7-10)18-12(19)9-3-2-6-17-8-9;/h9-11,17H,1-8H2,(H,18,19);1H/t9-,10?,11?;/m1./s1. The molecule has 1 saturated heterocycles. The number of hydrogen-bond donors (Lipinski definition) is 2. The van der Waals surface area contributed by atoms with Gasteiger partial charge in [-0.3, -0.25) is 4.79 Å². The summed E-state index contributed by atoms with van der Waals surface area (Å²) in [5.41, 5.74) is 0. The van der Waals surface area contributed by atoms with Crippen LogP contribution in [0.25, 0.3) is 0 Å². The van der Waals surface area contributed by atoms with Gasteiger partial charge in [-0.1, -0.05) is 6.42 Å². The maximum Gasteiger partial charge on any atom is 0.391 e. The van der Waals surface area contributed by atoms with Crippen LogP contribution in [0.5, 0.6) is 0 Å². The highest BCUT2D eigenvalue weighted by Gasteiger charge is 2.42. The molecular formula is C13H22ClF3N2O. The van der Waals surface area contributed by atoms with Crippen LogP contribution >= 0.6 is 12.4 Å². The molecule has 1 saturated carbocycles. The van der Waals surface area contributed by atoms with Crippen LogP contribution in [-0.2, 0) is 4.79 Å². The van der Waals surface area contributed by atoms with E-state index in [9.17, 15) is 18.0 Å². The Balaban J connectivity index is 0.00000200. The van der Waals surface area contributed by atoms with Gasteiger partial charge in [-0.25, -0.2) is 0 Å². The number of hydrogen-bond acceptors (Lipinski definition) is 2. The molecule has 0 radical (unpaired) electrons. The lowest BCUT2D eigenvalue weighted by Gasteiger charge is -2.32. The van der Waals surface area contributed by atoms with Crippen LogP contribution in [0.4, 0.5) is 13.2 Å². The molecule has 1 aliphatic heterocycles. The van der Waals surface area contributed by atoms with Crippen molar-refractivity contribution < 1.29 is 18.0 Å². The summed E-state index contributed by atoms with van der Waals surface area (Å²) in [5, 5.41) is 5.96. The number of carbonyl (C=O) groups is 1. The Labute approximate surface area is 123 Å². The van der Waals surface area contributed by atoms with Gasteiger partial charge in [0.2, 0.25) is 5.91 Å². The van der Waals surface area contributed by atoms with Crippen molar-refractivity contribution in [2.75, 3.05) is 13.1 Å². The average molecular weight is 315 g/mol. The summed E-state index contributed by atoms with van der Waals surface area (Å²) < 4.78 is 38.1. The Hall–Kier alpha value is -0.490. The highest BCUT2D eigenvalue weighted by atomic mass is 35.5. The Kier molecular flexibility index (Phi) is 6.58. The third kappa shape index (κ3) is 4.81. The van der Waals surface area contributed by atoms with Gasteiger partial charge in [0.05, 0.1) is 11.8 Å². The topological polar surface area (TPSA) is 41.1 Å². The normalized spacial score (nSPS) is 31.2. The van der Waals surface area contributed by atoms with Crippen molar-refractivity contribution in [3.63, 3.8) is 0 Å². The summed E-state index contributed by atoms with van der Waals surface area (Å²) in [7, 11) is 0. The van der Waals surface area contributed by atoms with Crippen molar-refractivity contribution in [2.45, 2.75) is 50.7 Å². The molecule has 1 aliphatic carbocycles. The lowest BCUT2D eigenvalue weighted by atomic mass is 9.85. The second kappa shape index (κ2) is 7.50. The maximum atomic E-state index is 12.7. The zero-order valence-electron chi connectivity index (χ0n) is 11.3. The van der Waals surface area contributed by atoms with Crippen molar-refractivity contribution >= 4 is 18.3 Å². The summed E-state index contributed by atoms with van der Waals surface area (Å²) in [6, 6.07) is -0.310. The van der Waals surface area contributed by atoms with Crippen molar-refractivity contribution in [2.24, 2.45) is 11.8 Å². The summed E-state index contributed by atoms with van der Waals surface area (Å²) in [5.74, 6) is -1.42. The summed E-state index contributed by atoms with van der Waals surface area (Å²) in [6.45, 7) is 1.56. The number of carbonyl (C=O) groups excluding carboxylic acids is 1. The number of piperidine rings is 1. The highest BCUT2D eigenvalue weighted by molar-refractivity contribution is 5.85. The predicted octanol–water partition coefficient (Wildman–Crippen LogP) is 2.65. The highest BCUT2D eigenvalue weighted by Crippen LogP contribution is 2.37. The van der Waals surface area contributed by atoms with Gasteiger partial charge in [-0.2, -0.15) is 13.2 Å². The maximum absolute atomic E-state index is 12.7. The number of amides is 1. The van der Waals surface area contributed by atoms with Gasteiger partial charge in [-0.15, -0.1) is 12.4 Å². The lowest BCUT2D eigenvalue weighted by Crippen LogP contribution is -2.47. The Morgan fingerprint density at radius 2 is 1.90 bits per heavy atom. The minimum atomic E-state index is -4.13. The van der Waals surface area contributed by atoms with E-state index >= 15 is 0 Å². The van der Waals surface area contributed by atoms with Gasteiger partial charge in [-0.05, 0) is 38.6 Å². The lowest BCUT2D eigenvalue weighted by molar-refractivity contribution is -0.184. The summed E-state index contributed by atoms with van der Waals surface area (Å²) in [6.07, 6.45) is -0.912. The molecule has 3 nitrogen and oxygen atoms in total. The largest absolute Gasteiger partial charge is 0.391 e. The molecule has 0 spiro atoms. The summed E-state index contributed by atoms with van der Waals surface area (Å²) in [4.78, 5) is 12.0. The molecule has 2 unspecified atom stereocenters. The molecule has 1 heterocycles. The first kappa shape index (κ1) is 17.6. The monoisotopic (exact) mass is 314 g/mol. The molecule has 2 N–H and O–H groups in total. The van der Waals surface area contributed by atoms with Crippen molar-refractivity contribution in [1.29, 1.82) is 0 Å². The van der Waals surface area contributed by atoms with Crippen LogP contribution in [0.15, 0.2) is 0 Å². The van der Waals surface area contributed by atoms with Gasteiger partial charge in [0.15, 0.2) is 0 Å². The molecule has 118 valence electrons. The van der Waals surface area contributed by atoms with E-state index in [1.54, 1.807) is 0 Å². The molecule has 0 bridgehead atoms. The van der Waals surface area contributed by atoms with Crippen LogP contribution in [0.2, 0.25) is 0 Å². The molecule has 2 rings (SSSR count). The van der Waals surface area contributed by atoms with Gasteiger partial charge in [0.1, 0.15) is 0 Å². The molecule has 0 aromatic carbocycles. The number of rotatable bonds is 2. The van der Waals surface area contributed by atoms with Crippen molar-refractivity contribution in [1.82, 2.24) is 10.6 Å². The summed E-state index contributed by atoms with van der Waals surface area (Å²) >= 11 is 0. The fourth-order valence-electron chi connectivity index (χ4n) is 3.01. The first-order chi connectivity index (χ1) is 8.97. The fraction of sp³-hybridized carbons (Fsp3) is 0.923. The van der Waals surface area contributed by atoms with Crippen LogP contribution in [0, 0.1) is 11.8 Å². The minimum Gasteiger partial charge on any atom is -0.353 e. The Bertz CT molecular complexity index is 319. The van der Waals surface area contributed by atoms with E-state index < -0.39 is 12.1 Å². The van der Waals surface area contributed by atoms with E-state index in [1.807, 2.05) is 0 Å². The van der Waals surface area contributed by atoms with Crippen LogP contribution in [-0.4, -0.2) is 31.2 Å². The third-order valence-corrected chi connectivity index (χ3v) is 4.15. The second-order valence-electron chi connectivity index (χ2n) is 5.65. The van der Waals surface area contributed by atoms with E-state index in [0.717, 1.165) is 19.4 Å². The first-order valence-corrected chi connectivity index (χ1v) is 7.04. The van der Waals surface area contributed by atoms with E-state index in [4.69, 9.17) is 0 Å². The van der Waals surface area contributed by atoms with Crippen LogP contribution < -0.4 is 10.6 Å². The average Bonchev–Trinajstić information content (AvgIpc) is 2.39. The molecule has 0 aromatic rings. The van der Waals surface area contributed by atoms with Crippen molar-refractivity contribution in [3.05, 3.63) is 0 Å². The smallest absolute Gasteiger partial charge is 0.353 e. The molecule has 0 aromatic heterocycles. The number of alkyl halides is 3. The molecule has 7 heteroatoms. The van der Waals surface area contributed by atoms with E-state index in [-0.39, 0.29) is 43.1 Å². The van der Waals surface area contributed by atoms with Crippen molar-refractivity contribution in [3.8, 4) is 0 Å². The van der Waals surface area contributed by atoms with E-state index in [2.05, 4.69) is 10.6 Å². The molecule has 2 aliphatic rings. The molecule has 1 amide bonds. The van der Waals surface area contributed by atoms with Gasteiger partial charge < -0.3 is 10.6 Å². The molecular weight excluding hydrogens is 293 g/mol. The zero-order chi connectivity index (χ0) is 13.9. The molecule has 2 fully saturated rings. The quantitative estimate of drug-likeness (QED) is 0.822. The Morgan fingerprint density at radius 3 is 2.50 bits per heavy atom. The third-order valence-electron chi connectivity index (χ3n) is 4.15. The van der Waals surface area contributed by atoms with Gasteiger partial charge in [0, 0.05) is 12.6 Å². The van der Waals surface area contributed by atoms with E-state index in [1.165, 1.54) is 0 Å². The fourth-order valence-corrected chi connectivity index (χ4v) is 3.01. The zero-order valence-corrected chi connectivity index (χ0v) is 12.2. The molecule has 20 heavy (non-hydrogen) atoms. The van der Waals surface area contributed by atoms with Gasteiger partial charge in [0.25, 0.3) is 0 Å². The Morgan fingerprint density at radius 1 is 1.15 bits per heavy atom. The first-order valence-electron chi connectivity index (χ1n) is 7.04. The van der Waals surface area contributed by atoms with Crippen LogP contribution in [0.1, 0.15) is 38.5 Å². The second-order valence-corrected chi connectivity index (χ2v) is 5.65. The van der Waals surface area contributed by atoms with Gasteiger partial charge >= 0.3 is 6.18 Å². The minimum absolute atomic E-state index is 0. The number of halogens is 4. The van der Waals surface area contributed by atoms with Crippen LogP contribution in [0.3, 0.4) is 0 Å². The molecule has 3 atom stereocenters.